The fourth-order valence-corrected chi connectivity index (χ4v) is 1.74. The molecule has 0 saturated heterocycles. The van der Waals surface area contributed by atoms with Crippen LogP contribution in [-0.4, -0.2) is 12.1 Å². The Kier molecular flexibility index (Phi) is 8.13. The lowest BCUT2D eigenvalue weighted by Crippen LogP contribution is -2.41. The smallest absolute Gasteiger partial charge is 0.0125 e. The highest BCUT2D eigenvalue weighted by atomic mass is 14.9. The summed E-state index contributed by atoms with van der Waals surface area (Å²) in [6, 6.07) is 0. The van der Waals surface area contributed by atoms with E-state index in [9.17, 15) is 0 Å². The fourth-order valence-electron chi connectivity index (χ4n) is 1.74. The van der Waals surface area contributed by atoms with E-state index in [1.54, 1.807) is 0 Å². The molecule has 0 aromatic heterocycles. The van der Waals surface area contributed by atoms with Gasteiger partial charge in [0.1, 0.15) is 0 Å². The molecule has 0 saturated carbocycles. The summed E-state index contributed by atoms with van der Waals surface area (Å²) in [4.78, 5) is 0. The maximum absolute atomic E-state index is 3.65. The molecule has 0 aliphatic rings. The minimum atomic E-state index is 0.330. The minimum absolute atomic E-state index is 0.330. The third-order valence-corrected chi connectivity index (χ3v) is 2.89. The lowest BCUT2D eigenvalue weighted by molar-refractivity contribution is 0.329. The first-order chi connectivity index (χ1) is 6.98. The molecule has 0 spiro atoms. The summed E-state index contributed by atoms with van der Waals surface area (Å²) in [6.45, 7) is 12.6. The van der Waals surface area contributed by atoms with Crippen molar-refractivity contribution in [3.8, 4) is 0 Å². The maximum atomic E-state index is 3.65. The molecule has 0 fully saturated rings. The van der Waals surface area contributed by atoms with Crippen molar-refractivity contribution < 1.29 is 0 Å². The van der Waals surface area contributed by atoms with Gasteiger partial charge in [-0.05, 0) is 32.7 Å². The number of unbranched alkanes of at least 4 members (excludes halogenated alkanes) is 4. The van der Waals surface area contributed by atoms with E-state index in [4.69, 9.17) is 0 Å². The third-order valence-electron chi connectivity index (χ3n) is 2.89. The molecule has 0 aromatic carbocycles. The van der Waals surface area contributed by atoms with Gasteiger partial charge in [-0.25, -0.2) is 0 Å². The number of hydrogen-bond donors (Lipinski definition) is 1. The van der Waals surface area contributed by atoms with Gasteiger partial charge < -0.3 is 5.32 Å². The summed E-state index contributed by atoms with van der Waals surface area (Å²) in [5, 5.41) is 3.65. The van der Waals surface area contributed by atoms with E-state index in [-0.39, 0.29) is 0 Å². The molecule has 1 nitrogen and oxygen atoms in total. The summed E-state index contributed by atoms with van der Waals surface area (Å²) in [5.41, 5.74) is 0.330. The molecule has 0 bridgehead atoms. The van der Waals surface area contributed by atoms with Gasteiger partial charge in [0.2, 0.25) is 0 Å². The highest BCUT2D eigenvalue weighted by Gasteiger charge is 2.16. The van der Waals surface area contributed by atoms with Crippen LogP contribution in [-0.2, 0) is 0 Å². The molecule has 1 heteroatoms. The standard InChI is InChI=1S/C14H31N/c1-6-7-8-9-10-11-14(4,5)15-12-13(2)3/h13,15H,6-12H2,1-5H3. The van der Waals surface area contributed by atoms with Crippen molar-refractivity contribution in [2.75, 3.05) is 6.54 Å². The van der Waals surface area contributed by atoms with Gasteiger partial charge in [0, 0.05) is 5.54 Å². The Balaban J connectivity index is 3.46. The molecule has 0 rings (SSSR count). The van der Waals surface area contributed by atoms with Gasteiger partial charge in [-0.2, -0.15) is 0 Å². The normalized spacial score (nSPS) is 12.4. The summed E-state index contributed by atoms with van der Waals surface area (Å²) >= 11 is 0. The molecule has 0 radical (unpaired) electrons. The molecule has 0 aromatic rings. The largest absolute Gasteiger partial charge is 0.312 e. The topological polar surface area (TPSA) is 12.0 Å². The second-order valence-electron chi connectivity index (χ2n) is 5.82. The molecule has 0 atom stereocenters. The van der Waals surface area contributed by atoms with Gasteiger partial charge in [-0.15, -0.1) is 0 Å². The first kappa shape index (κ1) is 15.0. The van der Waals surface area contributed by atoms with E-state index in [0.29, 0.717) is 5.54 Å². The van der Waals surface area contributed by atoms with Crippen LogP contribution >= 0.6 is 0 Å². The first-order valence-electron chi connectivity index (χ1n) is 6.73. The van der Waals surface area contributed by atoms with Crippen molar-refractivity contribution in [3.05, 3.63) is 0 Å². The summed E-state index contributed by atoms with van der Waals surface area (Å²) in [5.74, 6) is 0.754. The Bertz CT molecular complexity index is 138. The Morgan fingerprint density at radius 1 is 1.00 bits per heavy atom. The van der Waals surface area contributed by atoms with Crippen LogP contribution in [0.1, 0.15) is 73.1 Å². The van der Waals surface area contributed by atoms with E-state index < -0.39 is 0 Å². The van der Waals surface area contributed by atoms with Gasteiger partial charge in [0.25, 0.3) is 0 Å². The molecule has 0 unspecified atom stereocenters. The molecule has 0 heterocycles. The Hall–Kier alpha value is -0.0400. The molecular formula is C14H31N. The number of hydrogen-bond acceptors (Lipinski definition) is 1. The zero-order chi connectivity index (χ0) is 11.7. The average molecular weight is 213 g/mol. The summed E-state index contributed by atoms with van der Waals surface area (Å²) in [6.07, 6.45) is 8.24. The molecular weight excluding hydrogens is 182 g/mol. The van der Waals surface area contributed by atoms with E-state index >= 15 is 0 Å². The van der Waals surface area contributed by atoms with E-state index in [1.807, 2.05) is 0 Å². The molecule has 0 aliphatic carbocycles. The van der Waals surface area contributed by atoms with Crippen molar-refractivity contribution >= 4 is 0 Å². The Morgan fingerprint density at radius 2 is 1.60 bits per heavy atom. The predicted molar refractivity (Wildman–Crippen MR) is 70.3 cm³/mol. The van der Waals surface area contributed by atoms with Gasteiger partial charge >= 0.3 is 0 Å². The average Bonchev–Trinajstić information content (AvgIpc) is 2.15. The number of nitrogens with one attached hydrogen (secondary N) is 1. The van der Waals surface area contributed by atoms with Crippen LogP contribution in [0.5, 0.6) is 0 Å². The van der Waals surface area contributed by atoms with Gasteiger partial charge in [0.15, 0.2) is 0 Å². The monoisotopic (exact) mass is 213 g/mol. The zero-order valence-corrected chi connectivity index (χ0v) is 11.5. The first-order valence-corrected chi connectivity index (χ1v) is 6.73. The SMILES string of the molecule is CCCCCCCC(C)(C)NCC(C)C. The van der Waals surface area contributed by atoms with Gasteiger partial charge in [-0.3, -0.25) is 0 Å². The van der Waals surface area contributed by atoms with Crippen molar-refractivity contribution in [2.45, 2.75) is 78.7 Å². The van der Waals surface area contributed by atoms with Crippen LogP contribution in [0, 0.1) is 5.92 Å². The highest BCUT2D eigenvalue weighted by molar-refractivity contribution is 4.77. The lowest BCUT2D eigenvalue weighted by atomic mass is 9.95. The van der Waals surface area contributed by atoms with Crippen LogP contribution in [0.4, 0.5) is 0 Å². The minimum Gasteiger partial charge on any atom is -0.312 e. The summed E-state index contributed by atoms with van der Waals surface area (Å²) in [7, 11) is 0. The van der Waals surface area contributed by atoms with E-state index in [1.165, 1.54) is 38.5 Å². The van der Waals surface area contributed by atoms with Crippen LogP contribution in [0.15, 0.2) is 0 Å². The maximum Gasteiger partial charge on any atom is 0.0125 e. The van der Waals surface area contributed by atoms with Crippen LogP contribution in [0.3, 0.4) is 0 Å². The molecule has 0 amide bonds. The Morgan fingerprint density at radius 3 is 2.13 bits per heavy atom. The van der Waals surface area contributed by atoms with Crippen LogP contribution < -0.4 is 5.32 Å². The second kappa shape index (κ2) is 8.15. The predicted octanol–water partition coefficient (Wildman–Crippen LogP) is 4.37. The molecule has 1 N–H and O–H groups in total. The highest BCUT2D eigenvalue weighted by Crippen LogP contribution is 2.15. The lowest BCUT2D eigenvalue weighted by Gasteiger charge is -2.27. The van der Waals surface area contributed by atoms with Crippen molar-refractivity contribution in [2.24, 2.45) is 5.92 Å². The molecule has 15 heavy (non-hydrogen) atoms. The van der Waals surface area contributed by atoms with Gasteiger partial charge in [-0.1, -0.05) is 52.9 Å². The van der Waals surface area contributed by atoms with Crippen LogP contribution in [0.25, 0.3) is 0 Å². The zero-order valence-electron chi connectivity index (χ0n) is 11.5. The van der Waals surface area contributed by atoms with Crippen LogP contribution in [0.2, 0.25) is 0 Å². The molecule has 0 aliphatic heterocycles. The number of rotatable bonds is 9. The fraction of sp³-hybridized carbons (Fsp3) is 1.00. The van der Waals surface area contributed by atoms with Gasteiger partial charge in [0.05, 0.1) is 0 Å². The van der Waals surface area contributed by atoms with E-state index in [2.05, 4.69) is 39.9 Å². The van der Waals surface area contributed by atoms with Crippen molar-refractivity contribution in [1.82, 2.24) is 5.32 Å². The quantitative estimate of drug-likeness (QED) is 0.561. The summed E-state index contributed by atoms with van der Waals surface area (Å²) < 4.78 is 0. The molecule has 92 valence electrons. The Labute approximate surface area is 97.0 Å². The third kappa shape index (κ3) is 10.2. The van der Waals surface area contributed by atoms with Crippen molar-refractivity contribution in [1.29, 1.82) is 0 Å². The second-order valence-corrected chi connectivity index (χ2v) is 5.82. The van der Waals surface area contributed by atoms with Crippen molar-refractivity contribution in [3.63, 3.8) is 0 Å². The van der Waals surface area contributed by atoms with E-state index in [0.717, 1.165) is 12.5 Å².